The van der Waals surface area contributed by atoms with E-state index in [1.54, 1.807) is 12.1 Å². The summed E-state index contributed by atoms with van der Waals surface area (Å²) in [5, 5.41) is 3.32. The molecule has 4 heteroatoms. The Morgan fingerprint density at radius 2 is 2.19 bits per heavy atom. The van der Waals surface area contributed by atoms with E-state index in [0.717, 1.165) is 29.4 Å². The summed E-state index contributed by atoms with van der Waals surface area (Å²) in [6.45, 7) is 2.89. The Kier molecular flexibility index (Phi) is 3.31. The Morgan fingerprint density at radius 1 is 1.44 bits per heavy atom. The maximum absolute atomic E-state index is 12.9. The summed E-state index contributed by atoms with van der Waals surface area (Å²) in [5.74, 6) is 0. The standard InChI is InChI=1S/C12H14BrF2N/c1-12(5-2-6-16-12)10-7-8(13)3-4-9(10)11(14)15/h3-4,7,11,16H,2,5-6H2,1H3. The van der Waals surface area contributed by atoms with E-state index in [1.165, 1.54) is 6.07 Å². The van der Waals surface area contributed by atoms with Crippen molar-refractivity contribution < 1.29 is 8.78 Å². The summed E-state index contributed by atoms with van der Waals surface area (Å²) < 4.78 is 26.7. The fraction of sp³-hybridized carbons (Fsp3) is 0.500. The molecule has 1 saturated heterocycles. The molecule has 1 nitrogen and oxygen atoms in total. The fourth-order valence-corrected chi connectivity index (χ4v) is 2.68. The summed E-state index contributed by atoms with van der Waals surface area (Å²) in [4.78, 5) is 0. The van der Waals surface area contributed by atoms with Gasteiger partial charge < -0.3 is 5.32 Å². The Labute approximate surface area is 102 Å². The van der Waals surface area contributed by atoms with Crippen molar-refractivity contribution in [2.24, 2.45) is 0 Å². The van der Waals surface area contributed by atoms with Gasteiger partial charge in [-0.15, -0.1) is 0 Å². The number of halogens is 3. The number of benzene rings is 1. The van der Waals surface area contributed by atoms with Crippen LogP contribution >= 0.6 is 15.9 Å². The SMILES string of the molecule is CC1(c2cc(Br)ccc2C(F)F)CCCN1. The van der Waals surface area contributed by atoms with Gasteiger partial charge in [-0.2, -0.15) is 0 Å². The molecular weight excluding hydrogens is 276 g/mol. The molecule has 0 aromatic heterocycles. The topological polar surface area (TPSA) is 12.0 Å². The van der Waals surface area contributed by atoms with Crippen molar-refractivity contribution in [3.63, 3.8) is 0 Å². The molecule has 88 valence electrons. The van der Waals surface area contributed by atoms with Crippen LogP contribution in [0.4, 0.5) is 8.78 Å². The first-order valence-electron chi connectivity index (χ1n) is 5.36. The van der Waals surface area contributed by atoms with E-state index >= 15 is 0 Å². The van der Waals surface area contributed by atoms with Gasteiger partial charge in [0.05, 0.1) is 0 Å². The van der Waals surface area contributed by atoms with Crippen molar-refractivity contribution in [3.8, 4) is 0 Å². The maximum atomic E-state index is 12.9. The summed E-state index contributed by atoms with van der Waals surface area (Å²) in [5.41, 5.74) is 0.546. The number of alkyl halides is 2. The summed E-state index contributed by atoms with van der Waals surface area (Å²) in [7, 11) is 0. The van der Waals surface area contributed by atoms with E-state index in [1.807, 2.05) is 6.92 Å². The molecule has 1 aliphatic heterocycles. The first-order chi connectivity index (χ1) is 7.53. The van der Waals surface area contributed by atoms with E-state index in [4.69, 9.17) is 0 Å². The molecule has 0 amide bonds. The average molecular weight is 290 g/mol. The largest absolute Gasteiger partial charge is 0.308 e. The average Bonchev–Trinajstić information content (AvgIpc) is 2.66. The molecule has 1 atom stereocenters. The molecule has 1 fully saturated rings. The molecule has 1 N–H and O–H groups in total. The molecule has 2 rings (SSSR count). The second-order valence-electron chi connectivity index (χ2n) is 4.39. The number of rotatable bonds is 2. The lowest BCUT2D eigenvalue weighted by Crippen LogP contribution is -2.34. The van der Waals surface area contributed by atoms with E-state index in [2.05, 4.69) is 21.2 Å². The highest BCUT2D eigenvalue weighted by Crippen LogP contribution is 2.37. The van der Waals surface area contributed by atoms with Crippen LogP contribution in [0.15, 0.2) is 22.7 Å². The van der Waals surface area contributed by atoms with Gasteiger partial charge in [-0.1, -0.05) is 22.0 Å². The number of hydrogen-bond donors (Lipinski definition) is 1. The van der Waals surface area contributed by atoms with Crippen molar-refractivity contribution in [1.29, 1.82) is 0 Å². The summed E-state index contributed by atoms with van der Waals surface area (Å²) >= 11 is 3.34. The highest BCUT2D eigenvalue weighted by atomic mass is 79.9. The van der Waals surface area contributed by atoms with Gasteiger partial charge in [0.1, 0.15) is 0 Å². The van der Waals surface area contributed by atoms with Crippen LogP contribution in [-0.4, -0.2) is 6.54 Å². The molecule has 16 heavy (non-hydrogen) atoms. The lowest BCUT2D eigenvalue weighted by atomic mass is 9.87. The predicted octanol–water partition coefficient (Wildman–Crippen LogP) is 3.99. The van der Waals surface area contributed by atoms with Gasteiger partial charge in [0.15, 0.2) is 0 Å². The molecule has 1 heterocycles. The number of hydrogen-bond acceptors (Lipinski definition) is 1. The third-order valence-electron chi connectivity index (χ3n) is 3.21. The van der Waals surface area contributed by atoms with Gasteiger partial charge in [-0.25, -0.2) is 8.78 Å². The van der Waals surface area contributed by atoms with Crippen LogP contribution in [0.1, 0.15) is 37.3 Å². The molecule has 1 aromatic carbocycles. The zero-order valence-electron chi connectivity index (χ0n) is 9.06. The minimum absolute atomic E-state index is 0.139. The Balaban J connectivity index is 2.48. The first-order valence-corrected chi connectivity index (χ1v) is 6.15. The van der Waals surface area contributed by atoms with Crippen molar-refractivity contribution in [3.05, 3.63) is 33.8 Å². The smallest absolute Gasteiger partial charge is 0.264 e. The van der Waals surface area contributed by atoms with Gasteiger partial charge >= 0.3 is 0 Å². The fourth-order valence-electron chi connectivity index (χ4n) is 2.32. The Hall–Kier alpha value is -0.480. The molecule has 1 aliphatic rings. The van der Waals surface area contributed by atoms with Gasteiger partial charge in [-0.3, -0.25) is 0 Å². The van der Waals surface area contributed by atoms with Crippen molar-refractivity contribution in [1.82, 2.24) is 5.32 Å². The first kappa shape index (κ1) is 12.0. The monoisotopic (exact) mass is 289 g/mol. The Bertz CT molecular complexity index is 387. The van der Waals surface area contributed by atoms with Crippen molar-refractivity contribution in [2.75, 3.05) is 6.54 Å². The number of nitrogens with one attached hydrogen (secondary N) is 1. The molecule has 1 aromatic rings. The van der Waals surface area contributed by atoms with E-state index in [-0.39, 0.29) is 11.1 Å². The van der Waals surface area contributed by atoms with Crippen molar-refractivity contribution >= 4 is 15.9 Å². The zero-order chi connectivity index (χ0) is 11.8. The Morgan fingerprint density at radius 3 is 2.75 bits per heavy atom. The molecule has 0 bridgehead atoms. The zero-order valence-corrected chi connectivity index (χ0v) is 10.7. The molecule has 0 radical (unpaired) electrons. The third kappa shape index (κ3) is 2.13. The molecular formula is C12H14BrF2N. The summed E-state index contributed by atoms with van der Waals surface area (Å²) in [6, 6.07) is 4.98. The molecule has 1 unspecified atom stereocenters. The van der Waals surface area contributed by atoms with Crippen LogP contribution in [0.25, 0.3) is 0 Å². The van der Waals surface area contributed by atoms with E-state index in [0.29, 0.717) is 0 Å². The van der Waals surface area contributed by atoms with Crippen LogP contribution < -0.4 is 5.32 Å². The van der Waals surface area contributed by atoms with Crippen LogP contribution in [-0.2, 0) is 5.54 Å². The minimum atomic E-state index is -2.41. The van der Waals surface area contributed by atoms with Gasteiger partial charge in [0, 0.05) is 15.6 Å². The second kappa shape index (κ2) is 4.41. The van der Waals surface area contributed by atoms with Crippen LogP contribution in [0, 0.1) is 0 Å². The van der Waals surface area contributed by atoms with E-state index in [9.17, 15) is 8.78 Å². The minimum Gasteiger partial charge on any atom is -0.308 e. The molecule has 0 saturated carbocycles. The van der Waals surface area contributed by atoms with Gasteiger partial charge in [0.2, 0.25) is 0 Å². The quantitative estimate of drug-likeness (QED) is 0.868. The third-order valence-corrected chi connectivity index (χ3v) is 3.71. The van der Waals surface area contributed by atoms with Gasteiger partial charge in [0.25, 0.3) is 6.43 Å². The van der Waals surface area contributed by atoms with E-state index < -0.39 is 6.43 Å². The maximum Gasteiger partial charge on any atom is 0.264 e. The highest BCUT2D eigenvalue weighted by Gasteiger charge is 2.33. The molecule has 0 aliphatic carbocycles. The predicted molar refractivity (Wildman–Crippen MR) is 63.7 cm³/mol. The summed E-state index contributed by atoms with van der Waals surface area (Å²) in [6.07, 6.45) is -0.475. The van der Waals surface area contributed by atoms with Crippen LogP contribution in [0.5, 0.6) is 0 Å². The van der Waals surface area contributed by atoms with Crippen LogP contribution in [0.3, 0.4) is 0 Å². The highest BCUT2D eigenvalue weighted by molar-refractivity contribution is 9.10. The lowest BCUT2D eigenvalue weighted by molar-refractivity contribution is 0.148. The lowest BCUT2D eigenvalue weighted by Gasteiger charge is -2.27. The van der Waals surface area contributed by atoms with Gasteiger partial charge in [-0.05, 0) is 44.0 Å². The molecule has 0 spiro atoms. The second-order valence-corrected chi connectivity index (χ2v) is 5.31. The van der Waals surface area contributed by atoms with Crippen molar-refractivity contribution in [2.45, 2.75) is 31.7 Å². The normalized spacial score (nSPS) is 25.3. The van der Waals surface area contributed by atoms with Crippen LogP contribution in [0.2, 0.25) is 0 Å².